The van der Waals surface area contributed by atoms with Gasteiger partial charge in [0.2, 0.25) is 15.9 Å². The minimum Gasteiger partial charge on any atom is -0.445 e. The monoisotopic (exact) mass is 539 g/mol. The number of anilines is 1. The maximum Gasteiger partial charge on any atom is 0.407 e. The number of nitrogens with zero attached hydrogens (tertiary/aromatic N) is 2. The summed E-state index contributed by atoms with van der Waals surface area (Å²) in [5.41, 5.74) is 1.79. The van der Waals surface area contributed by atoms with E-state index in [0.29, 0.717) is 18.9 Å². The molecule has 1 saturated heterocycles. The predicted octanol–water partition coefficient (Wildman–Crippen LogP) is 4.09. The van der Waals surface area contributed by atoms with Crippen LogP contribution in [0.3, 0.4) is 0 Å². The van der Waals surface area contributed by atoms with Gasteiger partial charge in [0, 0.05) is 30.2 Å². The van der Waals surface area contributed by atoms with Crippen LogP contribution >= 0.6 is 0 Å². The number of ether oxygens (including phenoxy) is 1. The van der Waals surface area contributed by atoms with Crippen molar-refractivity contribution in [3.05, 3.63) is 65.7 Å². The Labute approximate surface area is 225 Å². The molecular weight excluding hydrogens is 502 g/mol. The number of sulfonamides is 1. The number of rotatable bonds is 7. The molecule has 1 N–H and O–H groups in total. The molecule has 2 aliphatic carbocycles. The van der Waals surface area contributed by atoms with E-state index < -0.39 is 21.5 Å². The van der Waals surface area contributed by atoms with Crippen molar-refractivity contribution >= 4 is 27.7 Å². The van der Waals surface area contributed by atoms with Crippen LogP contribution < -0.4 is 10.2 Å². The summed E-state index contributed by atoms with van der Waals surface area (Å²) in [6.07, 6.45) is 1.84. The molecule has 8 nitrogen and oxygen atoms in total. The van der Waals surface area contributed by atoms with E-state index in [-0.39, 0.29) is 42.8 Å². The first-order valence-electron chi connectivity index (χ1n) is 13.3. The maximum absolute atomic E-state index is 13.8. The Morgan fingerprint density at radius 3 is 2.47 bits per heavy atom. The summed E-state index contributed by atoms with van der Waals surface area (Å²) in [7, 11) is -3.76. The number of fused-ring (bicyclic) bond motifs is 2. The highest BCUT2D eigenvalue weighted by Crippen LogP contribution is 2.66. The third kappa shape index (κ3) is 4.71. The Hall–Kier alpha value is -2.91. The fourth-order valence-electron chi connectivity index (χ4n) is 6.96. The number of piperazine rings is 1. The van der Waals surface area contributed by atoms with Gasteiger partial charge >= 0.3 is 6.09 Å². The zero-order valence-corrected chi connectivity index (χ0v) is 23.2. The molecule has 2 bridgehead atoms. The summed E-state index contributed by atoms with van der Waals surface area (Å²) < 4.78 is 34.5. The number of nitrogens with one attached hydrogen (secondary N) is 1. The third-order valence-corrected chi connectivity index (χ3v) is 11.3. The molecule has 0 aromatic heterocycles. The van der Waals surface area contributed by atoms with Gasteiger partial charge in [-0.25, -0.2) is 13.2 Å². The number of para-hydroxylation sites is 1. The first kappa shape index (κ1) is 26.7. The number of benzene rings is 2. The SMILES string of the molecule is Cc1ccccc1N1CCN(S(=O)(=O)C[C@@]23CC[C@@H](C[C@H]2NC(=O)OCc2ccccc2)C3(C)C)CC1=O. The molecular formula is C29H37N3O5S. The van der Waals surface area contributed by atoms with Gasteiger partial charge in [-0.05, 0) is 54.7 Å². The lowest BCUT2D eigenvalue weighted by atomic mass is 9.69. The van der Waals surface area contributed by atoms with E-state index >= 15 is 0 Å². The van der Waals surface area contributed by atoms with E-state index in [1.807, 2.05) is 61.5 Å². The van der Waals surface area contributed by atoms with E-state index in [9.17, 15) is 18.0 Å². The van der Waals surface area contributed by atoms with Crippen LogP contribution in [0.25, 0.3) is 0 Å². The fourth-order valence-corrected chi connectivity index (χ4v) is 9.17. The quantitative estimate of drug-likeness (QED) is 0.572. The summed E-state index contributed by atoms with van der Waals surface area (Å²) in [5, 5.41) is 3.03. The van der Waals surface area contributed by atoms with Crippen LogP contribution in [-0.4, -0.2) is 56.2 Å². The van der Waals surface area contributed by atoms with E-state index in [2.05, 4.69) is 19.2 Å². The molecule has 1 aliphatic heterocycles. The number of hydrogen-bond acceptors (Lipinski definition) is 5. The standard InChI is InChI=1S/C29H37N3O5S/c1-21-9-7-8-12-24(21)32-16-15-31(18-26(32)33)38(35,36)20-29-14-13-23(28(29,2)3)17-25(29)30-27(34)37-19-22-10-5-4-6-11-22/h4-12,23,25H,13-20H2,1-3H3,(H,30,34)/t23-,25+,29-/m0/s1. The highest BCUT2D eigenvalue weighted by atomic mass is 32.2. The van der Waals surface area contributed by atoms with Crippen molar-refractivity contribution in [3.8, 4) is 0 Å². The predicted molar refractivity (Wildman–Crippen MR) is 146 cm³/mol. The van der Waals surface area contributed by atoms with E-state index in [1.165, 1.54) is 4.31 Å². The highest BCUT2D eigenvalue weighted by molar-refractivity contribution is 7.89. The molecule has 38 heavy (non-hydrogen) atoms. The van der Waals surface area contributed by atoms with Crippen LogP contribution in [0.1, 0.15) is 44.2 Å². The van der Waals surface area contributed by atoms with Crippen LogP contribution in [0.15, 0.2) is 54.6 Å². The van der Waals surface area contributed by atoms with Gasteiger partial charge in [0.15, 0.2) is 0 Å². The second-order valence-electron chi connectivity index (χ2n) is 11.5. The van der Waals surface area contributed by atoms with Gasteiger partial charge in [0.25, 0.3) is 0 Å². The minimum absolute atomic E-state index is 0.0925. The molecule has 1 heterocycles. The Morgan fingerprint density at radius 1 is 1.08 bits per heavy atom. The topological polar surface area (TPSA) is 96.0 Å². The molecule has 0 spiro atoms. The first-order valence-corrected chi connectivity index (χ1v) is 15.0. The molecule has 3 aliphatic rings. The molecule has 0 radical (unpaired) electrons. The lowest BCUT2D eigenvalue weighted by molar-refractivity contribution is -0.120. The zero-order chi connectivity index (χ0) is 27.1. The van der Waals surface area contributed by atoms with Crippen molar-refractivity contribution in [1.29, 1.82) is 0 Å². The second-order valence-corrected chi connectivity index (χ2v) is 13.5. The molecule has 3 atom stereocenters. The van der Waals surface area contributed by atoms with E-state index in [1.54, 1.807) is 4.90 Å². The van der Waals surface area contributed by atoms with Crippen molar-refractivity contribution < 1.29 is 22.7 Å². The number of carbonyl (C=O) groups is 2. The van der Waals surface area contributed by atoms with Crippen molar-refractivity contribution in [1.82, 2.24) is 9.62 Å². The molecule has 2 saturated carbocycles. The minimum atomic E-state index is -3.76. The largest absolute Gasteiger partial charge is 0.445 e. The van der Waals surface area contributed by atoms with Gasteiger partial charge < -0.3 is 15.0 Å². The smallest absolute Gasteiger partial charge is 0.407 e. The first-order chi connectivity index (χ1) is 18.0. The molecule has 5 rings (SSSR count). The Bertz CT molecular complexity index is 1310. The van der Waals surface area contributed by atoms with Crippen LogP contribution in [0.2, 0.25) is 0 Å². The molecule has 9 heteroatoms. The Morgan fingerprint density at radius 2 is 1.79 bits per heavy atom. The van der Waals surface area contributed by atoms with Crippen molar-refractivity contribution in [3.63, 3.8) is 0 Å². The normalized spacial score (nSPS) is 26.9. The molecule has 0 unspecified atom stereocenters. The Kier molecular flexibility index (Phi) is 7.02. The zero-order valence-electron chi connectivity index (χ0n) is 22.4. The van der Waals surface area contributed by atoms with Crippen molar-refractivity contribution in [2.24, 2.45) is 16.7 Å². The average Bonchev–Trinajstić information content (AvgIpc) is 3.23. The third-order valence-electron chi connectivity index (χ3n) is 9.36. The molecule has 3 fully saturated rings. The Balaban J connectivity index is 1.29. The summed E-state index contributed by atoms with van der Waals surface area (Å²) in [6, 6.07) is 16.8. The number of carbonyl (C=O) groups excluding carboxylic acids is 2. The summed E-state index contributed by atoms with van der Waals surface area (Å²) >= 11 is 0. The molecule has 2 aromatic carbocycles. The number of amides is 2. The van der Waals surface area contributed by atoms with E-state index in [4.69, 9.17) is 4.74 Å². The molecule has 2 aromatic rings. The number of alkyl carbamates (subject to hydrolysis) is 1. The van der Waals surface area contributed by atoms with Gasteiger partial charge in [-0.1, -0.05) is 62.4 Å². The van der Waals surface area contributed by atoms with Crippen LogP contribution in [0.5, 0.6) is 0 Å². The number of hydrogen-bond donors (Lipinski definition) is 1. The lowest BCUT2D eigenvalue weighted by Crippen LogP contribution is -2.57. The van der Waals surface area contributed by atoms with Gasteiger partial charge in [0.1, 0.15) is 6.61 Å². The summed E-state index contributed by atoms with van der Waals surface area (Å²) in [4.78, 5) is 27.5. The fraction of sp³-hybridized carbons (Fsp3) is 0.517. The second kappa shape index (κ2) is 10.0. The molecule has 2 amide bonds. The van der Waals surface area contributed by atoms with E-state index in [0.717, 1.165) is 29.7 Å². The highest BCUT2D eigenvalue weighted by Gasteiger charge is 2.66. The van der Waals surface area contributed by atoms with Gasteiger partial charge in [-0.3, -0.25) is 4.79 Å². The van der Waals surface area contributed by atoms with Crippen LogP contribution in [0.4, 0.5) is 10.5 Å². The average molecular weight is 540 g/mol. The van der Waals surface area contributed by atoms with Crippen molar-refractivity contribution in [2.45, 2.75) is 52.7 Å². The maximum atomic E-state index is 13.8. The lowest BCUT2D eigenvalue weighted by Gasteiger charge is -2.44. The summed E-state index contributed by atoms with van der Waals surface area (Å²) in [6.45, 7) is 6.74. The number of aryl methyl sites for hydroxylation is 1. The molecule has 204 valence electrons. The van der Waals surface area contributed by atoms with Gasteiger partial charge in [-0.15, -0.1) is 0 Å². The van der Waals surface area contributed by atoms with Crippen LogP contribution in [-0.2, 0) is 26.2 Å². The van der Waals surface area contributed by atoms with Gasteiger partial charge in [0.05, 0.1) is 12.3 Å². The van der Waals surface area contributed by atoms with Crippen molar-refractivity contribution in [2.75, 3.05) is 30.3 Å². The van der Waals surface area contributed by atoms with Gasteiger partial charge in [-0.2, -0.15) is 4.31 Å². The summed E-state index contributed by atoms with van der Waals surface area (Å²) in [5.74, 6) is 0.00236. The van der Waals surface area contributed by atoms with Crippen LogP contribution in [0, 0.1) is 23.7 Å².